The van der Waals surface area contributed by atoms with Crippen LogP contribution in [0, 0.1) is 0 Å². The highest BCUT2D eigenvalue weighted by molar-refractivity contribution is 7.26. The molecule has 3 N–H and O–H groups in total. The molecule has 2 heterocycles. The minimum atomic E-state index is -0.185. The molecule has 10 rings (SSSR count). The number of fused-ring (bicyclic) bond motifs is 3. The molecule has 0 radical (unpaired) electrons. The molecule has 1 aliphatic rings. The summed E-state index contributed by atoms with van der Waals surface area (Å²) in [6.07, 6.45) is 4.27. The van der Waals surface area contributed by atoms with Gasteiger partial charge in [-0.25, -0.2) is 0 Å². The molecule has 9 aromatic rings. The van der Waals surface area contributed by atoms with E-state index in [9.17, 15) is 0 Å². The van der Waals surface area contributed by atoms with Crippen LogP contribution >= 0.6 is 11.3 Å². The summed E-state index contributed by atoms with van der Waals surface area (Å²) in [4.78, 5) is 5.11. The molecule has 0 spiro atoms. The molecular formula is C57H43N4S-. The Morgan fingerprint density at radius 3 is 1.98 bits per heavy atom. The molecular weight excluding hydrogens is 773 g/mol. The first kappa shape index (κ1) is 38.5. The van der Waals surface area contributed by atoms with Gasteiger partial charge >= 0.3 is 0 Å². The first-order valence-electron chi connectivity index (χ1n) is 20.9. The van der Waals surface area contributed by atoms with Crippen molar-refractivity contribution in [3.8, 4) is 22.3 Å². The predicted molar refractivity (Wildman–Crippen MR) is 264 cm³/mol. The zero-order valence-corrected chi connectivity index (χ0v) is 34.8. The second kappa shape index (κ2) is 17.1. The summed E-state index contributed by atoms with van der Waals surface area (Å²) >= 11 is 1.83. The summed E-state index contributed by atoms with van der Waals surface area (Å²) in [5.74, 6) is 0.738. The highest BCUT2D eigenvalue weighted by Gasteiger charge is 2.17. The first-order chi connectivity index (χ1) is 30.5. The van der Waals surface area contributed by atoms with Crippen LogP contribution in [0.2, 0.25) is 0 Å². The molecule has 0 saturated carbocycles. The summed E-state index contributed by atoms with van der Waals surface area (Å²) in [7, 11) is 0. The number of amidine groups is 1. The van der Waals surface area contributed by atoms with Crippen LogP contribution in [0.3, 0.4) is 0 Å². The van der Waals surface area contributed by atoms with Gasteiger partial charge in [-0.05, 0) is 91.7 Å². The molecule has 1 aromatic heterocycles. The van der Waals surface area contributed by atoms with Gasteiger partial charge in [-0.15, -0.1) is 11.3 Å². The normalized spacial score (nSPS) is 14.5. The van der Waals surface area contributed by atoms with Gasteiger partial charge in [-0.3, -0.25) is 0 Å². The van der Waals surface area contributed by atoms with Crippen LogP contribution in [0.25, 0.3) is 64.8 Å². The van der Waals surface area contributed by atoms with Gasteiger partial charge < -0.3 is 21.4 Å². The number of aliphatic imine (C=N–C) groups is 1. The Labute approximate surface area is 366 Å². The number of hydrogen-bond donors (Lipinski definition) is 2. The van der Waals surface area contributed by atoms with Crippen molar-refractivity contribution >= 4 is 54.4 Å². The van der Waals surface area contributed by atoms with E-state index in [1.807, 2.05) is 59.9 Å². The van der Waals surface area contributed by atoms with Crippen molar-refractivity contribution in [2.45, 2.75) is 12.1 Å². The molecule has 2 atom stereocenters. The van der Waals surface area contributed by atoms with Crippen molar-refractivity contribution < 1.29 is 0 Å². The Hall–Kier alpha value is -7.73. The highest BCUT2D eigenvalue weighted by Crippen LogP contribution is 2.44. The Morgan fingerprint density at radius 2 is 1.23 bits per heavy atom. The summed E-state index contributed by atoms with van der Waals surface area (Å²) < 4.78 is 2.50. The summed E-state index contributed by atoms with van der Waals surface area (Å²) in [5.41, 5.74) is 20.3. The van der Waals surface area contributed by atoms with Crippen molar-refractivity contribution in [2.24, 2.45) is 10.7 Å². The van der Waals surface area contributed by atoms with Crippen molar-refractivity contribution in [3.63, 3.8) is 0 Å². The molecule has 5 heteroatoms. The van der Waals surface area contributed by atoms with Gasteiger partial charge in [0.2, 0.25) is 0 Å². The van der Waals surface area contributed by atoms with E-state index in [1.165, 1.54) is 25.7 Å². The number of nitrogens with two attached hydrogens (primary N) is 1. The third-order valence-corrected chi connectivity index (χ3v) is 12.6. The number of nitrogens with one attached hydrogen (secondary N) is 1. The molecule has 4 nitrogen and oxygen atoms in total. The monoisotopic (exact) mass is 815 g/mol. The molecule has 2 unspecified atom stereocenters. The first-order valence-corrected chi connectivity index (χ1v) is 21.7. The zero-order chi connectivity index (χ0) is 41.8. The van der Waals surface area contributed by atoms with E-state index < -0.39 is 0 Å². The molecule has 1 aliphatic heterocycles. The Kier molecular flexibility index (Phi) is 10.6. The third-order valence-electron chi connectivity index (χ3n) is 11.4. The Morgan fingerprint density at radius 1 is 0.597 bits per heavy atom. The van der Waals surface area contributed by atoms with Crippen LogP contribution in [-0.2, 0) is 0 Å². The van der Waals surface area contributed by atoms with Crippen molar-refractivity contribution in [1.82, 2.24) is 5.32 Å². The Balaban J connectivity index is 1.02. The lowest BCUT2D eigenvalue weighted by Crippen LogP contribution is -2.19. The zero-order valence-electron chi connectivity index (χ0n) is 34.0. The van der Waals surface area contributed by atoms with Crippen molar-refractivity contribution in [2.75, 3.05) is 0 Å². The average Bonchev–Trinajstić information content (AvgIpc) is 3.73. The lowest BCUT2D eigenvalue weighted by Gasteiger charge is -2.33. The fourth-order valence-corrected chi connectivity index (χ4v) is 9.39. The molecule has 0 saturated heterocycles. The summed E-state index contributed by atoms with van der Waals surface area (Å²) in [5, 5.41) is 11.2. The van der Waals surface area contributed by atoms with Crippen LogP contribution in [0.1, 0.15) is 45.5 Å². The van der Waals surface area contributed by atoms with Crippen molar-refractivity contribution in [1.29, 1.82) is 0 Å². The summed E-state index contributed by atoms with van der Waals surface area (Å²) in [6, 6.07) is 71.7. The number of nitrogens with zero attached hydrogens (tertiary/aromatic N) is 2. The van der Waals surface area contributed by atoms with Crippen LogP contribution in [0.4, 0.5) is 0 Å². The molecule has 0 fully saturated rings. The molecule has 0 bridgehead atoms. The molecule has 0 amide bonds. The van der Waals surface area contributed by atoms with Gasteiger partial charge in [-0.2, -0.15) is 0 Å². The topological polar surface area (TPSA) is 64.5 Å². The van der Waals surface area contributed by atoms with Crippen LogP contribution in [0.15, 0.2) is 230 Å². The van der Waals surface area contributed by atoms with Gasteiger partial charge in [0.05, 0.1) is 6.04 Å². The smallest absolute Gasteiger partial charge is 0.0720 e. The standard InChI is InChI=1S/C57H43N4S/c1-38(39-17-6-2-7-18-39)59-51(41-19-8-3-9-20-41)36-50(58)46-26-16-25-45(33-46)47-34-49(56-48-27-14-15-28-54(48)62-55(56)35-47)40-29-31-43(32-30-40)53-37-52(42-21-10-4-11-22-42)60-57(61-53)44-23-12-5-13-24-44/h2-37,51-52,59H,1,58H2/q-1/b50-36-. The van der Waals surface area contributed by atoms with Gasteiger partial charge in [0.25, 0.3) is 0 Å². The minimum absolute atomic E-state index is 0.138. The molecule has 298 valence electrons. The van der Waals surface area contributed by atoms with Gasteiger partial charge in [-0.1, -0.05) is 200 Å². The number of hydrogen-bond acceptors (Lipinski definition) is 4. The van der Waals surface area contributed by atoms with E-state index >= 15 is 0 Å². The lowest BCUT2D eigenvalue weighted by atomic mass is 9.92. The predicted octanol–water partition coefficient (Wildman–Crippen LogP) is 14.6. The summed E-state index contributed by atoms with van der Waals surface area (Å²) in [6.45, 7) is 4.36. The van der Waals surface area contributed by atoms with Crippen molar-refractivity contribution in [3.05, 3.63) is 264 Å². The van der Waals surface area contributed by atoms with E-state index in [0.717, 1.165) is 67.3 Å². The quantitative estimate of drug-likeness (QED) is 0.137. The second-order valence-electron chi connectivity index (χ2n) is 15.5. The largest absolute Gasteiger partial charge is 0.454 e. The third kappa shape index (κ3) is 7.97. The minimum Gasteiger partial charge on any atom is -0.454 e. The van der Waals surface area contributed by atoms with E-state index in [1.54, 1.807) is 0 Å². The maximum Gasteiger partial charge on any atom is 0.0720 e. The SMILES string of the molecule is C=C(NC(/C=C(\N)c1cccc(-c2cc(-c3ccc(C4=CC(c5ccccc5)[N-]C(c5ccccc5)=N4)cc3)c3c(c2)sc2ccccc23)c1)c1ccccc1)c1ccccc1. The highest BCUT2D eigenvalue weighted by atomic mass is 32.1. The second-order valence-corrected chi connectivity index (χ2v) is 16.6. The fourth-order valence-electron chi connectivity index (χ4n) is 8.22. The number of benzene rings is 8. The molecule has 0 aliphatic carbocycles. The Bertz CT molecular complexity index is 3130. The van der Waals surface area contributed by atoms with Gasteiger partial charge in [0.1, 0.15) is 0 Å². The van der Waals surface area contributed by atoms with E-state index in [4.69, 9.17) is 16.0 Å². The number of rotatable bonds is 11. The lowest BCUT2D eigenvalue weighted by molar-refractivity contribution is 0.773. The van der Waals surface area contributed by atoms with Crippen LogP contribution < -0.4 is 11.1 Å². The average molecular weight is 816 g/mol. The van der Waals surface area contributed by atoms with Crippen LogP contribution in [0.5, 0.6) is 0 Å². The van der Waals surface area contributed by atoms with Gasteiger partial charge in [0, 0.05) is 37.6 Å². The van der Waals surface area contributed by atoms with E-state index in [0.29, 0.717) is 5.70 Å². The molecule has 8 aromatic carbocycles. The maximum atomic E-state index is 6.99. The van der Waals surface area contributed by atoms with Crippen LogP contribution in [-0.4, -0.2) is 5.84 Å². The molecule has 62 heavy (non-hydrogen) atoms. The maximum absolute atomic E-state index is 6.99. The van der Waals surface area contributed by atoms with Gasteiger partial charge in [0.15, 0.2) is 0 Å². The number of thiophene rings is 1. The van der Waals surface area contributed by atoms with E-state index in [2.05, 4.69) is 182 Å². The van der Waals surface area contributed by atoms with E-state index in [-0.39, 0.29) is 12.1 Å². The fraction of sp³-hybridized carbons (Fsp3) is 0.0351.